The second kappa shape index (κ2) is 6.83. The Kier molecular flexibility index (Phi) is 5.09. The van der Waals surface area contributed by atoms with Gasteiger partial charge in [0.05, 0.1) is 7.11 Å². The Bertz CT molecular complexity index is 752. The number of Topliss-reactive ketones (excluding diaryl/α,β-unsaturated/α-hetero) is 1. The summed E-state index contributed by atoms with van der Waals surface area (Å²) in [4.78, 5) is 12.3. The largest absolute Gasteiger partial charge is 1.00 e. The number of nitrogens with zero attached hydrogens (tertiary/aromatic N) is 1. The van der Waals surface area contributed by atoms with Gasteiger partial charge in [0, 0.05) is 11.6 Å². The summed E-state index contributed by atoms with van der Waals surface area (Å²) < 4.78 is 8.28. The van der Waals surface area contributed by atoms with Crippen molar-refractivity contribution in [2.45, 2.75) is 6.54 Å². The molecule has 0 unspecified atom stereocenters. The molecule has 108 valence electrons. The Morgan fingerprint density at radius 2 is 1.86 bits per heavy atom. The molecule has 0 bridgehead atoms. The van der Waals surface area contributed by atoms with Gasteiger partial charge in [0.1, 0.15) is 10.4 Å². The van der Waals surface area contributed by atoms with Crippen molar-refractivity contribution in [3.05, 3.63) is 59.6 Å². The van der Waals surface area contributed by atoms with Crippen molar-refractivity contribution < 1.29 is 31.1 Å². The number of carbonyl (C=O) groups excluding carboxylic acids is 1. The number of aromatic nitrogens is 1. The first-order valence-corrected chi connectivity index (χ1v) is 7.19. The van der Waals surface area contributed by atoms with Crippen LogP contribution in [0.25, 0.3) is 10.2 Å². The van der Waals surface area contributed by atoms with Crippen LogP contribution in [0, 0.1) is 0 Å². The average Bonchev–Trinajstić information content (AvgIpc) is 2.91. The van der Waals surface area contributed by atoms with Gasteiger partial charge in [-0.15, -0.1) is 0 Å². The lowest BCUT2D eigenvalue weighted by Crippen LogP contribution is -3.00. The molecule has 0 atom stereocenters. The standard InChI is InChI=1S/C16H14NO2S.BrH/c1-19-13-8-6-12(7-9-13)15(18)10-17-11-20-16-5-3-2-4-14(16)17;/h2-9,11H,10H2,1H3;1H/q+1;/p-1. The highest BCUT2D eigenvalue weighted by molar-refractivity contribution is 7.16. The molecule has 0 spiro atoms. The summed E-state index contributed by atoms with van der Waals surface area (Å²) in [5, 5.41) is 0. The van der Waals surface area contributed by atoms with E-state index in [0.717, 1.165) is 11.3 Å². The van der Waals surface area contributed by atoms with Crippen LogP contribution in [0.3, 0.4) is 0 Å². The van der Waals surface area contributed by atoms with Crippen molar-refractivity contribution >= 4 is 27.3 Å². The number of benzene rings is 2. The minimum Gasteiger partial charge on any atom is -1.00 e. The summed E-state index contributed by atoms with van der Waals surface area (Å²) in [6, 6.07) is 15.3. The van der Waals surface area contributed by atoms with E-state index < -0.39 is 0 Å². The number of rotatable bonds is 4. The first-order chi connectivity index (χ1) is 9.78. The Hall–Kier alpha value is -1.72. The quantitative estimate of drug-likeness (QED) is 0.485. The van der Waals surface area contributed by atoms with Crippen molar-refractivity contribution in [1.29, 1.82) is 0 Å². The van der Waals surface area contributed by atoms with Gasteiger partial charge in [0.2, 0.25) is 23.4 Å². The molecule has 3 rings (SSSR count). The summed E-state index contributed by atoms with van der Waals surface area (Å²) in [6.07, 6.45) is 0. The zero-order valence-corrected chi connectivity index (χ0v) is 13.9. The van der Waals surface area contributed by atoms with E-state index in [1.165, 1.54) is 4.70 Å². The van der Waals surface area contributed by atoms with Crippen LogP contribution in [0.5, 0.6) is 5.75 Å². The SMILES string of the molecule is COc1ccc(C(=O)C[n+]2csc3ccccc32)cc1.[Br-]. The van der Waals surface area contributed by atoms with E-state index in [1.807, 2.05) is 40.4 Å². The smallest absolute Gasteiger partial charge is 0.227 e. The van der Waals surface area contributed by atoms with Crippen molar-refractivity contribution in [2.75, 3.05) is 7.11 Å². The Morgan fingerprint density at radius 3 is 2.57 bits per heavy atom. The number of halogens is 1. The molecular weight excluding hydrogens is 350 g/mol. The fourth-order valence-electron chi connectivity index (χ4n) is 2.12. The molecule has 2 aromatic carbocycles. The van der Waals surface area contributed by atoms with Crippen LogP contribution in [0.1, 0.15) is 10.4 Å². The Labute approximate surface area is 137 Å². The number of para-hydroxylation sites is 1. The lowest BCUT2D eigenvalue weighted by molar-refractivity contribution is -0.652. The van der Waals surface area contributed by atoms with Crippen molar-refractivity contribution in [3.63, 3.8) is 0 Å². The summed E-state index contributed by atoms with van der Waals surface area (Å²) in [6.45, 7) is 0.357. The molecule has 0 radical (unpaired) electrons. The predicted molar refractivity (Wildman–Crippen MR) is 79.3 cm³/mol. The Balaban J connectivity index is 0.00000161. The molecule has 0 N–H and O–H groups in total. The van der Waals surface area contributed by atoms with Gasteiger partial charge in [-0.05, 0) is 30.3 Å². The fourth-order valence-corrected chi connectivity index (χ4v) is 3.01. The third-order valence-electron chi connectivity index (χ3n) is 3.21. The van der Waals surface area contributed by atoms with Crippen molar-refractivity contribution in [1.82, 2.24) is 0 Å². The molecule has 1 heterocycles. The van der Waals surface area contributed by atoms with Crippen molar-refractivity contribution in [3.8, 4) is 5.75 Å². The summed E-state index contributed by atoms with van der Waals surface area (Å²) in [5.41, 5.74) is 3.79. The van der Waals surface area contributed by atoms with Gasteiger partial charge < -0.3 is 21.7 Å². The number of hydrogen-bond acceptors (Lipinski definition) is 3. The van der Waals surface area contributed by atoms with E-state index in [4.69, 9.17) is 4.74 Å². The lowest BCUT2D eigenvalue weighted by Gasteiger charge is -2.00. The van der Waals surface area contributed by atoms with E-state index in [1.54, 1.807) is 30.6 Å². The monoisotopic (exact) mass is 363 g/mol. The number of hydrogen-bond donors (Lipinski definition) is 0. The first kappa shape index (κ1) is 15.7. The molecule has 0 amide bonds. The topological polar surface area (TPSA) is 30.2 Å². The molecule has 0 saturated carbocycles. The molecule has 0 aliphatic heterocycles. The highest BCUT2D eigenvalue weighted by Gasteiger charge is 2.16. The van der Waals surface area contributed by atoms with Crippen LogP contribution in [0.2, 0.25) is 0 Å². The lowest BCUT2D eigenvalue weighted by atomic mass is 10.1. The molecule has 0 aliphatic rings. The van der Waals surface area contributed by atoms with Gasteiger partial charge in [-0.3, -0.25) is 4.79 Å². The maximum absolute atomic E-state index is 12.3. The van der Waals surface area contributed by atoms with Gasteiger partial charge in [-0.1, -0.05) is 23.5 Å². The molecule has 1 aromatic heterocycles. The van der Waals surface area contributed by atoms with Crippen LogP contribution in [-0.4, -0.2) is 12.9 Å². The maximum Gasteiger partial charge on any atom is 0.227 e. The molecule has 21 heavy (non-hydrogen) atoms. The maximum atomic E-state index is 12.3. The first-order valence-electron chi connectivity index (χ1n) is 6.31. The normalized spacial score (nSPS) is 10.1. The zero-order chi connectivity index (χ0) is 13.9. The molecule has 3 aromatic rings. The Morgan fingerprint density at radius 1 is 1.14 bits per heavy atom. The third-order valence-corrected chi connectivity index (χ3v) is 4.17. The van der Waals surface area contributed by atoms with Gasteiger partial charge in [0.25, 0.3) is 0 Å². The van der Waals surface area contributed by atoms with Crippen LogP contribution < -0.4 is 26.3 Å². The zero-order valence-electron chi connectivity index (χ0n) is 11.5. The highest BCUT2D eigenvalue weighted by atomic mass is 79.9. The van der Waals surface area contributed by atoms with Crippen LogP contribution >= 0.6 is 11.3 Å². The van der Waals surface area contributed by atoms with Gasteiger partial charge in [-0.25, -0.2) is 0 Å². The van der Waals surface area contributed by atoms with E-state index in [0.29, 0.717) is 12.1 Å². The van der Waals surface area contributed by atoms with Crippen molar-refractivity contribution in [2.24, 2.45) is 0 Å². The van der Waals surface area contributed by atoms with E-state index >= 15 is 0 Å². The number of ether oxygens (including phenoxy) is 1. The predicted octanol–water partition coefficient (Wildman–Crippen LogP) is 0.0843. The molecule has 0 fully saturated rings. The van der Waals surface area contributed by atoms with E-state index in [9.17, 15) is 4.79 Å². The van der Waals surface area contributed by atoms with Crippen LogP contribution in [0.4, 0.5) is 0 Å². The summed E-state index contributed by atoms with van der Waals surface area (Å²) in [7, 11) is 1.62. The minimum atomic E-state index is 0. The van der Waals surface area contributed by atoms with E-state index in [2.05, 4.69) is 6.07 Å². The molecule has 5 heteroatoms. The number of ketones is 1. The number of carbonyl (C=O) groups is 1. The van der Waals surface area contributed by atoms with Gasteiger partial charge in [-0.2, -0.15) is 4.57 Å². The minimum absolute atomic E-state index is 0. The highest BCUT2D eigenvalue weighted by Crippen LogP contribution is 2.16. The number of methoxy groups -OCH3 is 1. The number of fused-ring (bicyclic) bond motifs is 1. The summed E-state index contributed by atoms with van der Waals surface area (Å²) in [5.74, 6) is 0.858. The second-order valence-electron chi connectivity index (χ2n) is 4.47. The average molecular weight is 364 g/mol. The molecule has 0 aliphatic carbocycles. The van der Waals surface area contributed by atoms with Gasteiger partial charge >= 0.3 is 0 Å². The number of thiazole rings is 1. The third kappa shape index (κ3) is 3.31. The van der Waals surface area contributed by atoms with E-state index in [-0.39, 0.29) is 22.8 Å². The summed E-state index contributed by atoms with van der Waals surface area (Å²) >= 11 is 1.65. The fraction of sp³-hybridized carbons (Fsp3) is 0.125. The van der Waals surface area contributed by atoms with Crippen LogP contribution in [-0.2, 0) is 6.54 Å². The second-order valence-corrected chi connectivity index (χ2v) is 5.36. The van der Waals surface area contributed by atoms with Crippen LogP contribution in [0.15, 0.2) is 54.0 Å². The van der Waals surface area contributed by atoms with Gasteiger partial charge in [0.15, 0.2) is 0 Å². The molecule has 0 saturated heterocycles. The molecule has 3 nitrogen and oxygen atoms in total. The molecular formula is C16H14BrNO2S.